The molecule has 2 rings (SSSR count). The Labute approximate surface area is 153 Å². The third-order valence-electron chi connectivity index (χ3n) is 5.31. The lowest BCUT2D eigenvalue weighted by Gasteiger charge is -2.31. The van der Waals surface area contributed by atoms with Crippen LogP contribution < -0.4 is 15.5 Å². The maximum absolute atomic E-state index is 4.66. The molecule has 0 bridgehead atoms. The van der Waals surface area contributed by atoms with Crippen molar-refractivity contribution in [1.29, 1.82) is 0 Å². The summed E-state index contributed by atoms with van der Waals surface area (Å²) in [6.07, 6.45) is 6.91. The van der Waals surface area contributed by atoms with Crippen molar-refractivity contribution in [3.05, 3.63) is 23.9 Å². The standard InChI is InChI=1S/C20H35N5/c1-5-17(6-2)13-23-20(21-4)24-15-18-7-8-19(22-14-18)25-11-9-16(3)10-12-25/h7-8,14,16-17H,5-6,9-13,15H2,1-4H3,(H2,21,23,24). The zero-order chi connectivity index (χ0) is 18.1. The Morgan fingerprint density at radius 1 is 1.24 bits per heavy atom. The van der Waals surface area contributed by atoms with Crippen LogP contribution in [0.4, 0.5) is 5.82 Å². The molecule has 1 aliphatic heterocycles. The van der Waals surface area contributed by atoms with Gasteiger partial charge < -0.3 is 15.5 Å². The molecule has 5 nitrogen and oxygen atoms in total. The second-order valence-corrected chi connectivity index (χ2v) is 7.18. The minimum atomic E-state index is 0.701. The van der Waals surface area contributed by atoms with Crippen molar-refractivity contribution >= 4 is 11.8 Å². The van der Waals surface area contributed by atoms with E-state index < -0.39 is 0 Å². The van der Waals surface area contributed by atoms with E-state index in [0.29, 0.717) is 5.92 Å². The van der Waals surface area contributed by atoms with Crippen molar-refractivity contribution in [2.75, 3.05) is 31.6 Å². The van der Waals surface area contributed by atoms with Crippen molar-refractivity contribution < 1.29 is 0 Å². The number of rotatable bonds is 7. The molecular formula is C20H35N5. The Bertz CT molecular complexity index is 513. The smallest absolute Gasteiger partial charge is 0.191 e. The van der Waals surface area contributed by atoms with Crippen LogP contribution in [-0.4, -0.2) is 37.6 Å². The van der Waals surface area contributed by atoms with Crippen molar-refractivity contribution in [1.82, 2.24) is 15.6 Å². The molecular weight excluding hydrogens is 310 g/mol. The van der Waals surface area contributed by atoms with Gasteiger partial charge in [-0.15, -0.1) is 0 Å². The van der Waals surface area contributed by atoms with E-state index in [1.165, 1.54) is 31.2 Å². The van der Waals surface area contributed by atoms with Gasteiger partial charge in [0.2, 0.25) is 0 Å². The second kappa shape index (κ2) is 10.3. The topological polar surface area (TPSA) is 52.6 Å². The Kier molecular flexibility index (Phi) is 8.02. The van der Waals surface area contributed by atoms with Gasteiger partial charge in [0.1, 0.15) is 5.82 Å². The third kappa shape index (κ3) is 6.22. The fourth-order valence-electron chi connectivity index (χ4n) is 3.17. The summed E-state index contributed by atoms with van der Waals surface area (Å²) in [4.78, 5) is 11.4. The molecule has 1 fully saturated rings. The average molecular weight is 346 g/mol. The summed E-state index contributed by atoms with van der Waals surface area (Å²) in [6, 6.07) is 4.31. The minimum absolute atomic E-state index is 0.701. The van der Waals surface area contributed by atoms with Gasteiger partial charge in [0.15, 0.2) is 5.96 Å². The summed E-state index contributed by atoms with van der Waals surface area (Å²) < 4.78 is 0. The zero-order valence-corrected chi connectivity index (χ0v) is 16.4. The lowest BCUT2D eigenvalue weighted by Crippen LogP contribution is -2.39. The molecule has 1 aromatic heterocycles. The Balaban J connectivity index is 1.80. The van der Waals surface area contributed by atoms with Crippen molar-refractivity contribution in [2.45, 2.75) is 53.0 Å². The number of hydrogen-bond donors (Lipinski definition) is 2. The van der Waals surface area contributed by atoms with E-state index in [4.69, 9.17) is 0 Å². The molecule has 0 amide bonds. The number of piperidine rings is 1. The van der Waals surface area contributed by atoms with Crippen LogP contribution in [-0.2, 0) is 6.54 Å². The van der Waals surface area contributed by atoms with Crippen molar-refractivity contribution in [3.63, 3.8) is 0 Å². The molecule has 0 spiro atoms. The lowest BCUT2D eigenvalue weighted by molar-refractivity contribution is 0.436. The molecule has 25 heavy (non-hydrogen) atoms. The van der Waals surface area contributed by atoms with Crippen LogP contribution in [0.15, 0.2) is 23.3 Å². The monoisotopic (exact) mass is 345 g/mol. The van der Waals surface area contributed by atoms with Gasteiger partial charge in [-0.05, 0) is 36.3 Å². The van der Waals surface area contributed by atoms with E-state index in [-0.39, 0.29) is 0 Å². The highest BCUT2D eigenvalue weighted by atomic mass is 15.2. The van der Waals surface area contributed by atoms with E-state index in [9.17, 15) is 0 Å². The summed E-state index contributed by atoms with van der Waals surface area (Å²) in [5.41, 5.74) is 1.18. The van der Waals surface area contributed by atoms with Crippen LogP contribution >= 0.6 is 0 Å². The van der Waals surface area contributed by atoms with Crippen molar-refractivity contribution in [3.8, 4) is 0 Å². The maximum atomic E-state index is 4.66. The highest BCUT2D eigenvalue weighted by molar-refractivity contribution is 5.79. The van der Waals surface area contributed by atoms with E-state index in [1.807, 2.05) is 13.2 Å². The maximum Gasteiger partial charge on any atom is 0.191 e. The van der Waals surface area contributed by atoms with Crippen LogP contribution in [0, 0.1) is 11.8 Å². The fourth-order valence-corrected chi connectivity index (χ4v) is 3.17. The minimum Gasteiger partial charge on any atom is -0.357 e. The van der Waals surface area contributed by atoms with Gasteiger partial charge in [-0.25, -0.2) is 4.98 Å². The van der Waals surface area contributed by atoms with Gasteiger partial charge in [-0.3, -0.25) is 4.99 Å². The molecule has 2 heterocycles. The molecule has 0 saturated carbocycles. The first-order valence-corrected chi connectivity index (χ1v) is 9.80. The predicted molar refractivity (Wildman–Crippen MR) is 107 cm³/mol. The molecule has 5 heteroatoms. The van der Waals surface area contributed by atoms with Crippen molar-refractivity contribution in [2.24, 2.45) is 16.8 Å². The normalized spacial score (nSPS) is 16.4. The van der Waals surface area contributed by atoms with Gasteiger partial charge in [0, 0.05) is 39.4 Å². The van der Waals surface area contributed by atoms with Crippen LogP contribution in [0.3, 0.4) is 0 Å². The molecule has 2 N–H and O–H groups in total. The van der Waals surface area contributed by atoms with Crippen LogP contribution in [0.5, 0.6) is 0 Å². The fraction of sp³-hybridized carbons (Fsp3) is 0.700. The average Bonchev–Trinajstić information content (AvgIpc) is 2.66. The first-order valence-electron chi connectivity index (χ1n) is 9.80. The molecule has 1 saturated heterocycles. The van der Waals surface area contributed by atoms with Crippen LogP contribution in [0.25, 0.3) is 0 Å². The highest BCUT2D eigenvalue weighted by Crippen LogP contribution is 2.21. The number of nitrogens with zero attached hydrogens (tertiary/aromatic N) is 3. The first kappa shape index (κ1) is 19.5. The number of guanidine groups is 1. The summed E-state index contributed by atoms with van der Waals surface area (Å²) in [5.74, 6) is 3.51. The first-order chi connectivity index (χ1) is 12.2. The number of anilines is 1. The largest absolute Gasteiger partial charge is 0.357 e. The zero-order valence-electron chi connectivity index (χ0n) is 16.4. The molecule has 0 atom stereocenters. The summed E-state index contributed by atoms with van der Waals surface area (Å²) in [6.45, 7) is 10.8. The predicted octanol–water partition coefficient (Wildman–Crippen LogP) is 3.42. The van der Waals surface area contributed by atoms with Gasteiger partial charge in [-0.2, -0.15) is 0 Å². The van der Waals surface area contributed by atoms with Gasteiger partial charge in [0.05, 0.1) is 0 Å². The number of pyridine rings is 1. The number of hydrogen-bond acceptors (Lipinski definition) is 3. The van der Waals surface area contributed by atoms with E-state index in [0.717, 1.165) is 43.9 Å². The van der Waals surface area contributed by atoms with E-state index in [2.05, 4.69) is 58.4 Å². The lowest BCUT2D eigenvalue weighted by atomic mass is 9.99. The van der Waals surface area contributed by atoms with Gasteiger partial charge in [0.25, 0.3) is 0 Å². The summed E-state index contributed by atoms with van der Waals surface area (Å²) >= 11 is 0. The summed E-state index contributed by atoms with van der Waals surface area (Å²) in [7, 11) is 1.82. The molecule has 1 aliphatic rings. The number of nitrogens with one attached hydrogen (secondary N) is 2. The van der Waals surface area contributed by atoms with E-state index >= 15 is 0 Å². The summed E-state index contributed by atoms with van der Waals surface area (Å²) in [5, 5.41) is 6.80. The SMILES string of the molecule is CCC(CC)CNC(=NC)NCc1ccc(N2CCC(C)CC2)nc1. The van der Waals surface area contributed by atoms with E-state index in [1.54, 1.807) is 0 Å². The van der Waals surface area contributed by atoms with Gasteiger partial charge >= 0.3 is 0 Å². The second-order valence-electron chi connectivity index (χ2n) is 7.18. The molecule has 0 radical (unpaired) electrons. The molecule has 1 aromatic rings. The van der Waals surface area contributed by atoms with Crippen LogP contribution in [0.1, 0.15) is 52.0 Å². The number of aliphatic imine (C=N–C) groups is 1. The highest BCUT2D eigenvalue weighted by Gasteiger charge is 2.16. The molecule has 0 aliphatic carbocycles. The van der Waals surface area contributed by atoms with Crippen LogP contribution in [0.2, 0.25) is 0 Å². The Morgan fingerprint density at radius 2 is 1.96 bits per heavy atom. The Morgan fingerprint density at radius 3 is 2.52 bits per heavy atom. The Hall–Kier alpha value is -1.78. The molecule has 0 unspecified atom stereocenters. The van der Waals surface area contributed by atoms with Gasteiger partial charge in [-0.1, -0.05) is 39.7 Å². The molecule has 140 valence electrons. The third-order valence-corrected chi connectivity index (χ3v) is 5.31. The quantitative estimate of drug-likeness (QED) is 0.587. The number of aromatic nitrogens is 1. The molecule has 0 aromatic carbocycles.